The summed E-state index contributed by atoms with van der Waals surface area (Å²) >= 11 is 0. The maximum atomic E-state index is 12.6. The number of ether oxygens (including phenoxy) is 2. The summed E-state index contributed by atoms with van der Waals surface area (Å²) in [6.07, 6.45) is 1.51. The van der Waals surface area contributed by atoms with Crippen molar-refractivity contribution in [3.05, 3.63) is 59.7 Å². The van der Waals surface area contributed by atoms with Crippen molar-refractivity contribution in [1.29, 1.82) is 0 Å². The number of nitrogens with one attached hydrogen (secondary N) is 1. The van der Waals surface area contributed by atoms with Gasteiger partial charge in [-0.25, -0.2) is 0 Å². The Balaban J connectivity index is 2.01. The molecule has 2 aromatic rings. The summed E-state index contributed by atoms with van der Waals surface area (Å²) in [5, 5.41) is 2.96. The van der Waals surface area contributed by atoms with Gasteiger partial charge in [-0.2, -0.15) is 0 Å². The molecule has 26 heavy (non-hydrogen) atoms. The Labute approximate surface area is 156 Å². The lowest BCUT2D eigenvalue weighted by molar-refractivity contribution is -0.139. The van der Waals surface area contributed by atoms with Crippen molar-refractivity contribution in [2.45, 2.75) is 52.7 Å². The van der Waals surface area contributed by atoms with Gasteiger partial charge in [-0.05, 0) is 56.0 Å². The van der Waals surface area contributed by atoms with Crippen molar-refractivity contribution in [1.82, 2.24) is 0 Å². The molecule has 1 atom stereocenters. The molecule has 4 heteroatoms. The number of amides is 1. The predicted octanol–water partition coefficient (Wildman–Crippen LogP) is 5.11. The van der Waals surface area contributed by atoms with Gasteiger partial charge in [-0.15, -0.1) is 0 Å². The number of anilines is 1. The molecule has 0 saturated heterocycles. The summed E-state index contributed by atoms with van der Waals surface area (Å²) in [6, 6.07) is 15.7. The molecule has 0 aliphatic carbocycles. The van der Waals surface area contributed by atoms with E-state index in [4.69, 9.17) is 9.47 Å². The van der Waals surface area contributed by atoms with Crippen molar-refractivity contribution in [3.63, 3.8) is 0 Å². The number of benzene rings is 2. The predicted molar refractivity (Wildman–Crippen MR) is 106 cm³/mol. The summed E-state index contributed by atoms with van der Waals surface area (Å²) in [5.74, 6) is 0.693. The van der Waals surface area contributed by atoms with E-state index in [0.717, 1.165) is 29.0 Å². The molecule has 0 fully saturated rings. The molecule has 0 aliphatic heterocycles. The number of rotatable bonds is 9. The van der Waals surface area contributed by atoms with Gasteiger partial charge in [0.15, 0.2) is 0 Å². The highest BCUT2D eigenvalue weighted by molar-refractivity contribution is 5.97. The number of hydrogen-bond donors (Lipinski definition) is 1. The topological polar surface area (TPSA) is 47.6 Å². The molecular formula is C22H29NO3. The van der Waals surface area contributed by atoms with Crippen LogP contribution >= 0.6 is 0 Å². The molecule has 0 aliphatic rings. The number of carbonyl (C=O) groups excluding carboxylic acids is 1. The third-order valence-corrected chi connectivity index (χ3v) is 4.45. The number of hydrogen-bond acceptors (Lipinski definition) is 3. The zero-order valence-corrected chi connectivity index (χ0v) is 16.2. The lowest BCUT2D eigenvalue weighted by Gasteiger charge is -2.27. The van der Waals surface area contributed by atoms with Gasteiger partial charge in [0.25, 0.3) is 5.91 Å². The first-order chi connectivity index (χ1) is 12.5. The molecule has 4 nitrogen and oxygen atoms in total. The fourth-order valence-electron chi connectivity index (χ4n) is 2.54. The van der Waals surface area contributed by atoms with Crippen LogP contribution in [0, 0.1) is 6.92 Å². The second-order valence-corrected chi connectivity index (χ2v) is 6.64. The highest BCUT2D eigenvalue weighted by Crippen LogP contribution is 2.25. The van der Waals surface area contributed by atoms with Gasteiger partial charge in [0.2, 0.25) is 0 Å². The Morgan fingerprint density at radius 3 is 2.46 bits per heavy atom. The molecule has 140 valence electrons. The van der Waals surface area contributed by atoms with Crippen LogP contribution in [0.4, 0.5) is 5.69 Å². The second-order valence-electron chi connectivity index (χ2n) is 6.64. The zero-order chi connectivity index (χ0) is 19.0. The van der Waals surface area contributed by atoms with Crippen molar-refractivity contribution >= 4 is 11.6 Å². The van der Waals surface area contributed by atoms with E-state index in [1.54, 1.807) is 0 Å². The second kappa shape index (κ2) is 9.39. The van der Waals surface area contributed by atoms with Gasteiger partial charge < -0.3 is 14.8 Å². The summed E-state index contributed by atoms with van der Waals surface area (Å²) in [7, 11) is 0. The van der Waals surface area contributed by atoms with E-state index in [1.807, 2.05) is 76.2 Å². The lowest BCUT2D eigenvalue weighted by atomic mass is 10.0. The Hall–Kier alpha value is -2.33. The summed E-state index contributed by atoms with van der Waals surface area (Å²) in [6.45, 7) is 8.90. The largest absolute Gasteiger partial charge is 0.489 e. The maximum Gasteiger partial charge on any atom is 0.256 e. The standard InChI is InChI=1S/C22H29NO3/c1-5-14-26-22(4,6-2)21(24)23-19-12-13-20(17(3)15-19)25-16-18-10-8-7-9-11-18/h7-13,15H,5-6,14,16H2,1-4H3,(H,23,24)/t22-/m1/s1. The minimum atomic E-state index is -0.813. The van der Waals surface area contributed by atoms with E-state index in [9.17, 15) is 4.79 Å². The van der Waals surface area contributed by atoms with Gasteiger partial charge >= 0.3 is 0 Å². The zero-order valence-electron chi connectivity index (χ0n) is 16.2. The highest BCUT2D eigenvalue weighted by Gasteiger charge is 2.32. The average molecular weight is 355 g/mol. The Bertz CT molecular complexity index is 715. The molecule has 0 aromatic heterocycles. The van der Waals surface area contributed by atoms with Crippen LogP contribution in [0.3, 0.4) is 0 Å². The highest BCUT2D eigenvalue weighted by atomic mass is 16.5. The molecule has 0 unspecified atom stereocenters. The smallest absolute Gasteiger partial charge is 0.256 e. The first kappa shape index (κ1) is 20.0. The first-order valence-electron chi connectivity index (χ1n) is 9.21. The Kier molecular flexibility index (Phi) is 7.22. The van der Waals surface area contributed by atoms with Crippen LogP contribution in [0.25, 0.3) is 0 Å². The minimum absolute atomic E-state index is 0.120. The molecule has 0 radical (unpaired) electrons. The van der Waals surface area contributed by atoms with Crippen LogP contribution in [0.1, 0.15) is 44.7 Å². The third-order valence-electron chi connectivity index (χ3n) is 4.45. The third kappa shape index (κ3) is 5.33. The first-order valence-corrected chi connectivity index (χ1v) is 9.21. The number of carbonyl (C=O) groups is 1. The van der Waals surface area contributed by atoms with Gasteiger partial charge in [-0.1, -0.05) is 44.2 Å². The normalized spacial score (nSPS) is 13.1. The van der Waals surface area contributed by atoms with Crippen LogP contribution in [0.2, 0.25) is 0 Å². The average Bonchev–Trinajstić information content (AvgIpc) is 2.66. The van der Waals surface area contributed by atoms with E-state index in [0.29, 0.717) is 19.6 Å². The van der Waals surface area contributed by atoms with Crippen molar-refractivity contribution in [3.8, 4) is 5.75 Å². The monoisotopic (exact) mass is 355 g/mol. The quantitative estimate of drug-likeness (QED) is 0.680. The molecule has 0 saturated carbocycles. The maximum absolute atomic E-state index is 12.6. The molecule has 2 rings (SSSR count). The Morgan fingerprint density at radius 2 is 1.85 bits per heavy atom. The molecule has 0 bridgehead atoms. The van der Waals surface area contributed by atoms with Crippen LogP contribution in [0.5, 0.6) is 5.75 Å². The lowest BCUT2D eigenvalue weighted by Crippen LogP contribution is -2.42. The van der Waals surface area contributed by atoms with E-state index < -0.39 is 5.60 Å². The number of aryl methyl sites for hydroxylation is 1. The fraction of sp³-hybridized carbons (Fsp3) is 0.409. The van der Waals surface area contributed by atoms with Crippen LogP contribution < -0.4 is 10.1 Å². The molecule has 1 amide bonds. The fourth-order valence-corrected chi connectivity index (χ4v) is 2.54. The van der Waals surface area contributed by atoms with E-state index in [2.05, 4.69) is 5.32 Å². The molecule has 2 aromatic carbocycles. The summed E-state index contributed by atoms with van der Waals surface area (Å²) < 4.78 is 11.7. The molecule has 0 heterocycles. The SMILES string of the molecule is CCCO[C@](C)(CC)C(=O)Nc1ccc(OCc2ccccc2)c(C)c1. The van der Waals surface area contributed by atoms with Gasteiger partial charge in [-0.3, -0.25) is 4.79 Å². The van der Waals surface area contributed by atoms with E-state index in [1.165, 1.54) is 0 Å². The van der Waals surface area contributed by atoms with Gasteiger partial charge in [0.05, 0.1) is 0 Å². The minimum Gasteiger partial charge on any atom is -0.489 e. The molecule has 1 N–H and O–H groups in total. The van der Waals surface area contributed by atoms with Gasteiger partial charge in [0, 0.05) is 12.3 Å². The Morgan fingerprint density at radius 1 is 1.12 bits per heavy atom. The van der Waals surface area contributed by atoms with Crippen LogP contribution in [-0.2, 0) is 16.1 Å². The summed E-state index contributed by atoms with van der Waals surface area (Å²) in [5.41, 5.74) is 2.04. The van der Waals surface area contributed by atoms with Crippen LogP contribution in [0.15, 0.2) is 48.5 Å². The molecule has 0 spiro atoms. The van der Waals surface area contributed by atoms with E-state index >= 15 is 0 Å². The van der Waals surface area contributed by atoms with Crippen molar-refractivity contribution in [2.75, 3.05) is 11.9 Å². The van der Waals surface area contributed by atoms with Crippen molar-refractivity contribution < 1.29 is 14.3 Å². The van der Waals surface area contributed by atoms with Crippen molar-refractivity contribution in [2.24, 2.45) is 0 Å². The van der Waals surface area contributed by atoms with Gasteiger partial charge in [0.1, 0.15) is 18.0 Å². The molecular weight excluding hydrogens is 326 g/mol. The van der Waals surface area contributed by atoms with Crippen LogP contribution in [-0.4, -0.2) is 18.1 Å². The van der Waals surface area contributed by atoms with E-state index in [-0.39, 0.29) is 5.91 Å². The summed E-state index contributed by atoms with van der Waals surface area (Å²) in [4.78, 5) is 12.6.